The fourth-order valence-corrected chi connectivity index (χ4v) is 2.48. The fourth-order valence-electron chi connectivity index (χ4n) is 2.48. The molecule has 0 unspecified atom stereocenters. The first kappa shape index (κ1) is 15.7. The first-order chi connectivity index (χ1) is 9.99. The van der Waals surface area contributed by atoms with Gasteiger partial charge in [0, 0.05) is 13.1 Å². The molecule has 0 radical (unpaired) electrons. The van der Waals surface area contributed by atoms with Crippen LogP contribution in [0.1, 0.15) is 30.1 Å². The molecule has 4 nitrogen and oxygen atoms in total. The monoisotopic (exact) mass is 297 g/mol. The van der Waals surface area contributed by atoms with E-state index in [0.717, 1.165) is 44.0 Å². The average Bonchev–Trinajstić information content (AvgIpc) is 2.45. The van der Waals surface area contributed by atoms with E-state index in [4.69, 9.17) is 5.73 Å². The molecule has 21 heavy (non-hydrogen) atoms. The molecule has 1 saturated heterocycles. The Balaban J connectivity index is 1.86. The number of halogens is 2. The minimum atomic E-state index is -1.00. The molecule has 3 N–H and O–H groups in total. The van der Waals surface area contributed by atoms with Gasteiger partial charge in [-0.05, 0) is 44.0 Å². The van der Waals surface area contributed by atoms with Crippen LogP contribution in [-0.4, -0.2) is 37.0 Å². The Morgan fingerprint density at radius 3 is 2.71 bits per heavy atom. The Hall–Kier alpha value is -1.69. The van der Waals surface area contributed by atoms with Crippen LogP contribution in [0.2, 0.25) is 0 Å². The minimum absolute atomic E-state index is 0.230. The molecule has 1 aliphatic rings. The Morgan fingerprint density at radius 2 is 2.05 bits per heavy atom. The fraction of sp³-hybridized carbons (Fsp3) is 0.533. The number of amides is 1. The third kappa shape index (κ3) is 3.91. The molecule has 1 fully saturated rings. The SMILES string of the molecule is CC1CCN(CCNC(=O)c2c(F)ccc(N)c2F)CC1. The zero-order valence-corrected chi connectivity index (χ0v) is 12.2. The van der Waals surface area contributed by atoms with Crippen LogP contribution in [0, 0.1) is 17.6 Å². The van der Waals surface area contributed by atoms with Gasteiger partial charge in [0.15, 0.2) is 5.82 Å². The molecule has 2 rings (SSSR count). The van der Waals surface area contributed by atoms with Crippen LogP contribution in [0.4, 0.5) is 14.5 Å². The van der Waals surface area contributed by atoms with E-state index in [0.29, 0.717) is 13.1 Å². The van der Waals surface area contributed by atoms with Crippen LogP contribution in [0.5, 0.6) is 0 Å². The zero-order chi connectivity index (χ0) is 15.4. The van der Waals surface area contributed by atoms with Crippen molar-refractivity contribution in [1.82, 2.24) is 10.2 Å². The van der Waals surface area contributed by atoms with Gasteiger partial charge < -0.3 is 16.0 Å². The standard InChI is InChI=1S/C15H21F2N3O/c1-10-4-7-20(8-5-10)9-6-19-15(21)13-11(16)2-3-12(18)14(13)17/h2-3,10H,4-9,18H2,1H3,(H,19,21). The van der Waals surface area contributed by atoms with E-state index in [9.17, 15) is 13.6 Å². The molecular formula is C15H21F2N3O. The lowest BCUT2D eigenvalue weighted by Gasteiger charge is -2.30. The van der Waals surface area contributed by atoms with Crippen LogP contribution in [0.15, 0.2) is 12.1 Å². The van der Waals surface area contributed by atoms with E-state index in [-0.39, 0.29) is 5.69 Å². The lowest BCUT2D eigenvalue weighted by Crippen LogP contribution is -2.39. The molecule has 0 atom stereocenters. The summed E-state index contributed by atoms with van der Waals surface area (Å²) in [4.78, 5) is 14.1. The van der Waals surface area contributed by atoms with Crippen LogP contribution < -0.4 is 11.1 Å². The number of carbonyl (C=O) groups is 1. The molecule has 0 spiro atoms. The van der Waals surface area contributed by atoms with E-state index in [1.165, 1.54) is 0 Å². The van der Waals surface area contributed by atoms with Crippen molar-refractivity contribution in [1.29, 1.82) is 0 Å². The van der Waals surface area contributed by atoms with Gasteiger partial charge in [0.05, 0.1) is 5.69 Å². The molecule has 1 aromatic rings. The maximum absolute atomic E-state index is 13.7. The predicted octanol–water partition coefficient (Wildman–Crippen LogP) is 2.01. The van der Waals surface area contributed by atoms with Crippen molar-refractivity contribution in [3.8, 4) is 0 Å². The number of likely N-dealkylation sites (tertiary alicyclic amines) is 1. The molecule has 116 valence electrons. The smallest absolute Gasteiger partial charge is 0.257 e. The van der Waals surface area contributed by atoms with Crippen molar-refractivity contribution < 1.29 is 13.6 Å². The second-order valence-electron chi connectivity index (χ2n) is 5.61. The number of nitrogens with two attached hydrogens (primary N) is 1. The first-order valence-electron chi connectivity index (χ1n) is 7.23. The Labute approximate surface area is 123 Å². The Morgan fingerprint density at radius 1 is 1.38 bits per heavy atom. The highest BCUT2D eigenvalue weighted by Gasteiger charge is 2.20. The molecule has 6 heteroatoms. The third-order valence-electron chi connectivity index (χ3n) is 3.94. The lowest BCUT2D eigenvalue weighted by atomic mass is 9.99. The highest BCUT2D eigenvalue weighted by atomic mass is 19.1. The molecule has 0 aliphatic carbocycles. The first-order valence-corrected chi connectivity index (χ1v) is 7.23. The summed E-state index contributed by atoms with van der Waals surface area (Å²) in [5.41, 5.74) is 4.52. The summed E-state index contributed by atoms with van der Waals surface area (Å²) >= 11 is 0. The molecule has 1 aromatic carbocycles. The molecular weight excluding hydrogens is 276 g/mol. The van der Waals surface area contributed by atoms with Crippen LogP contribution in [0.3, 0.4) is 0 Å². The number of rotatable bonds is 4. The van der Waals surface area contributed by atoms with E-state index in [2.05, 4.69) is 17.1 Å². The largest absolute Gasteiger partial charge is 0.396 e. The number of piperidine rings is 1. The number of nitrogen functional groups attached to an aromatic ring is 1. The van der Waals surface area contributed by atoms with Gasteiger partial charge in [-0.3, -0.25) is 4.79 Å². The quantitative estimate of drug-likeness (QED) is 0.836. The third-order valence-corrected chi connectivity index (χ3v) is 3.94. The predicted molar refractivity (Wildman–Crippen MR) is 77.9 cm³/mol. The topological polar surface area (TPSA) is 58.4 Å². The van der Waals surface area contributed by atoms with Gasteiger partial charge in [0.2, 0.25) is 0 Å². The summed E-state index contributed by atoms with van der Waals surface area (Å²) in [6.07, 6.45) is 2.29. The van der Waals surface area contributed by atoms with Crippen molar-refractivity contribution in [2.75, 3.05) is 31.9 Å². The normalized spacial score (nSPS) is 16.9. The summed E-state index contributed by atoms with van der Waals surface area (Å²) in [5, 5.41) is 2.55. The summed E-state index contributed by atoms with van der Waals surface area (Å²) in [7, 11) is 0. The van der Waals surface area contributed by atoms with E-state index in [1.807, 2.05) is 0 Å². The van der Waals surface area contributed by atoms with Crippen LogP contribution in [-0.2, 0) is 0 Å². The van der Waals surface area contributed by atoms with Crippen LogP contribution >= 0.6 is 0 Å². The lowest BCUT2D eigenvalue weighted by molar-refractivity contribution is 0.0936. The molecule has 1 aliphatic heterocycles. The zero-order valence-electron chi connectivity index (χ0n) is 12.2. The van der Waals surface area contributed by atoms with E-state index in [1.54, 1.807) is 0 Å². The molecule has 0 aromatic heterocycles. The maximum atomic E-state index is 13.7. The van der Waals surface area contributed by atoms with Gasteiger partial charge in [-0.15, -0.1) is 0 Å². The number of hydrogen-bond acceptors (Lipinski definition) is 3. The Kier molecular flexibility index (Phi) is 5.12. The summed E-state index contributed by atoms with van der Waals surface area (Å²) in [6.45, 7) is 5.27. The van der Waals surface area contributed by atoms with Crippen molar-refractivity contribution in [3.63, 3.8) is 0 Å². The average molecular weight is 297 g/mol. The molecule has 0 bridgehead atoms. The maximum Gasteiger partial charge on any atom is 0.257 e. The van der Waals surface area contributed by atoms with Gasteiger partial charge in [-0.25, -0.2) is 8.78 Å². The number of anilines is 1. The highest BCUT2D eigenvalue weighted by Crippen LogP contribution is 2.18. The number of carbonyl (C=O) groups excluding carboxylic acids is 1. The van der Waals surface area contributed by atoms with Gasteiger partial charge >= 0.3 is 0 Å². The minimum Gasteiger partial charge on any atom is -0.396 e. The van der Waals surface area contributed by atoms with Crippen molar-refractivity contribution in [3.05, 3.63) is 29.3 Å². The number of nitrogens with zero attached hydrogens (tertiary/aromatic N) is 1. The second kappa shape index (κ2) is 6.85. The summed E-state index contributed by atoms with van der Waals surface area (Å²) in [5.74, 6) is -1.92. The molecule has 1 heterocycles. The molecule has 0 saturated carbocycles. The van der Waals surface area contributed by atoms with Crippen LogP contribution in [0.25, 0.3) is 0 Å². The number of benzene rings is 1. The van der Waals surface area contributed by atoms with Gasteiger partial charge in [-0.1, -0.05) is 6.92 Å². The number of nitrogens with one attached hydrogen (secondary N) is 1. The van der Waals surface area contributed by atoms with Crippen molar-refractivity contribution in [2.24, 2.45) is 5.92 Å². The second-order valence-corrected chi connectivity index (χ2v) is 5.61. The van der Waals surface area contributed by atoms with Gasteiger partial charge in [-0.2, -0.15) is 0 Å². The van der Waals surface area contributed by atoms with Crippen molar-refractivity contribution >= 4 is 11.6 Å². The van der Waals surface area contributed by atoms with Gasteiger partial charge in [0.1, 0.15) is 11.4 Å². The summed E-state index contributed by atoms with van der Waals surface area (Å²) in [6, 6.07) is 2.11. The summed E-state index contributed by atoms with van der Waals surface area (Å²) < 4.78 is 27.2. The van der Waals surface area contributed by atoms with E-state index < -0.39 is 23.1 Å². The van der Waals surface area contributed by atoms with Crippen molar-refractivity contribution in [2.45, 2.75) is 19.8 Å². The highest BCUT2D eigenvalue weighted by molar-refractivity contribution is 5.95. The molecule has 1 amide bonds. The number of hydrogen-bond donors (Lipinski definition) is 2. The van der Waals surface area contributed by atoms with Gasteiger partial charge in [0.25, 0.3) is 5.91 Å². The van der Waals surface area contributed by atoms with E-state index >= 15 is 0 Å². The Bertz CT molecular complexity index is 514.